The van der Waals surface area contributed by atoms with Gasteiger partial charge in [0.2, 0.25) is 11.8 Å². The molecule has 1 aromatic carbocycles. The lowest BCUT2D eigenvalue weighted by atomic mass is 10.1. The summed E-state index contributed by atoms with van der Waals surface area (Å²) in [5, 5.41) is 10.5. The maximum Gasteiger partial charge on any atom is 0.277 e. The van der Waals surface area contributed by atoms with Gasteiger partial charge in [0.1, 0.15) is 0 Å². The predicted octanol–water partition coefficient (Wildman–Crippen LogP) is 3.45. The van der Waals surface area contributed by atoms with Gasteiger partial charge in [-0.1, -0.05) is 23.9 Å². The molecule has 7 nitrogen and oxygen atoms in total. The molecule has 0 aliphatic rings. The number of thioether (sulfide) groups is 1. The molecule has 0 radical (unpaired) electrons. The Hall–Kier alpha value is -3.00. The van der Waals surface area contributed by atoms with Crippen molar-refractivity contribution < 1.29 is 14.0 Å². The molecule has 0 aliphatic heterocycles. The Morgan fingerprint density at radius 3 is 2.69 bits per heavy atom. The zero-order valence-corrected chi connectivity index (χ0v) is 15.0. The monoisotopic (exact) mass is 368 g/mol. The first-order valence-corrected chi connectivity index (χ1v) is 8.74. The van der Waals surface area contributed by atoms with Crippen molar-refractivity contribution in [3.05, 3.63) is 54.4 Å². The van der Waals surface area contributed by atoms with Crippen LogP contribution in [0.15, 0.2) is 58.4 Å². The molecule has 0 unspecified atom stereocenters. The smallest absolute Gasteiger partial charge is 0.277 e. The van der Waals surface area contributed by atoms with Gasteiger partial charge in [-0.2, -0.15) is 0 Å². The van der Waals surface area contributed by atoms with Crippen LogP contribution in [-0.4, -0.2) is 32.1 Å². The van der Waals surface area contributed by atoms with Crippen LogP contribution in [0.2, 0.25) is 0 Å². The summed E-state index contributed by atoms with van der Waals surface area (Å²) in [6.45, 7) is 3.19. The molecule has 1 N–H and O–H groups in total. The second kappa shape index (κ2) is 7.92. The molecule has 0 bridgehead atoms. The number of hydrogen-bond donors (Lipinski definition) is 1. The molecule has 2 heterocycles. The van der Waals surface area contributed by atoms with Gasteiger partial charge in [-0.05, 0) is 38.1 Å². The third kappa shape index (κ3) is 4.15. The summed E-state index contributed by atoms with van der Waals surface area (Å²) in [6, 6.07) is 10.5. The molecule has 132 valence electrons. The normalized spacial score (nSPS) is 11.8. The van der Waals surface area contributed by atoms with Crippen LogP contribution >= 0.6 is 11.8 Å². The van der Waals surface area contributed by atoms with Crippen LogP contribution in [0.4, 0.5) is 5.69 Å². The van der Waals surface area contributed by atoms with Crippen LogP contribution in [0.3, 0.4) is 0 Å². The molecule has 0 saturated carbocycles. The number of pyridine rings is 1. The van der Waals surface area contributed by atoms with Gasteiger partial charge < -0.3 is 9.73 Å². The SMILES string of the molecule is CC(=O)c1ccccc1NC(=O)[C@H](C)Sc1nnc(-c2cccnc2)o1. The van der Waals surface area contributed by atoms with Gasteiger partial charge in [-0.25, -0.2) is 0 Å². The first kappa shape index (κ1) is 17.8. The van der Waals surface area contributed by atoms with E-state index in [0.29, 0.717) is 22.7 Å². The quantitative estimate of drug-likeness (QED) is 0.525. The minimum atomic E-state index is -0.489. The van der Waals surface area contributed by atoms with E-state index in [9.17, 15) is 9.59 Å². The van der Waals surface area contributed by atoms with Gasteiger partial charge in [0.15, 0.2) is 5.78 Å². The van der Waals surface area contributed by atoms with E-state index < -0.39 is 5.25 Å². The Kier molecular flexibility index (Phi) is 5.43. The van der Waals surface area contributed by atoms with Crippen LogP contribution in [0.1, 0.15) is 24.2 Å². The number of rotatable bonds is 6. The number of ketones is 1. The van der Waals surface area contributed by atoms with Gasteiger partial charge in [-0.3, -0.25) is 14.6 Å². The van der Waals surface area contributed by atoms with E-state index in [1.54, 1.807) is 49.6 Å². The fourth-order valence-electron chi connectivity index (χ4n) is 2.20. The van der Waals surface area contributed by atoms with Gasteiger partial charge in [-0.15, -0.1) is 10.2 Å². The minimum Gasteiger partial charge on any atom is -0.411 e. The summed E-state index contributed by atoms with van der Waals surface area (Å²) >= 11 is 1.14. The van der Waals surface area contributed by atoms with Crippen molar-refractivity contribution in [1.29, 1.82) is 0 Å². The third-order valence-electron chi connectivity index (χ3n) is 3.53. The Morgan fingerprint density at radius 1 is 1.15 bits per heavy atom. The largest absolute Gasteiger partial charge is 0.411 e. The molecule has 0 saturated heterocycles. The fraction of sp³-hybridized carbons (Fsp3) is 0.167. The summed E-state index contributed by atoms with van der Waals surface area (Å²) in [6.07, 6.45) is 3.28. The maximum atomic E-state index is 12.4. The molecule has 0 spiro atoms. The minimum absolute atomic E-state index is 0.112. The number of hydrogen-bond acceptors (Lipinski definition) is 7. The van der Waals surface area contributed by atoms with E-state index in [1.807, 2.05) is 6.07 Å². The number of Topliss-reactive ketones (excluding diaryl/α,β-unsaturated/α-hetero) is 1. The topological polar surface area (TPSA) is 98.0 Å². The number of para-hydroxylation sites is 1. The Morgan fingerprint density at radius 2 is 1.96 bits per heavy atom. The lowest BCUT2D eigenvalue weighted by molar-refractivity contribution is -0.115. The molecule has 8 heteroatoms. The lowest BCUT2D eigenvalue weighted by Gasteiger charge is -2.12. The zero-order chi connectivity index (χ0) is 18.5. The van der Waals surface area contributed by atoms with Crippen molar-refractivity contribution in [2.45, 2.75) is 24.3 Å². The average Bonchev–Trinajstić information content (AvgIpc) is 3.11. The molecule has 26 heavy (non-hydrogen) atoms. The predicted molar refractivity (Wildman–Crippen MR) is 97.9 cm³/mol. The highest BCUT2D eigenvalue weighted by Crippen LogP contribution is 2.26. The van der Waals surface area contributed by atoms with Gasteiger partial charge in [0.25, 0.3) is 5.22 Å². The molecule has 1 atom stereocenters. The van der Waals surface area contributed by atoms with Crippen molar-refractivity contribution in [3.63, 3.8) is 0 Å². The maximum absolute atomic E-state index is 12.4. The second-order valence-electron chi connectivity index (χ2n) is 5.47. The summed E-state index contributed by atoms with van der Waals surface area (Å²) in [5.74, 6) is -0.0285. The van der Waals surface area contributed by atoms with Crippen molar-refractivity contribution in [2.75, 3.05) is 5.32 Å². The standard InChI is InChI=1S/C18H16N4O3S/c1-11(23)14-7-3-4-8-15(14)20-16(24)12(2)26-18-22-21-17(25-18)13-6-5-9-19-10-13/h3-10,12H,1-2H3,(H,20,24)/t12-/m0/s1. The molecule has 3 rings (SSSR count). The van der Waals surface area contributed by atoms with Crippen LogP contribution in [0.5, 0.6) is 0 Å². The average molecular weight is 368 g/mol. The molecular formula is C18H16N4O3S. The molecule has 0 fully saturated rings. The number of carbonyl (C=O) groups is 2. The summed E-state index contributed by atoms with van der Waals surface area (Å²) in [7, 11) is 0. The van der Waals surface area contributed by atoms with E-state index in [2.05, 4.69) is 20.5 Å². The number of carbonyl (C=O) groups excluding carboxylic acids is 2. The highest BCUT2D eigenvalue weighted by Gasteiger charge is 2.20. The van der Waals surface area contributed by atoms with E-state index in [1.165, 1.54) is 6.92 Å². The summed E-state index contributed by atoms with van der Waals surface area (Å²) in [4.78, 5) is 28.1. The summed E-state index contributed by atoms with van der Waals surface area (Å²) in [5.41, 5.74) is 1.66. The van der Waals surface area contributed by atoms with Crippen LogP contribution in [0, 0.1) is 0 Å². The molecule has 2 aromatic heterocycles. The molecule has 0 aliphatic carbocycles. The Bertz CT molecular complexity index is 927. The third-order valence-corrected chi connectivity index (χ3v) is 4.46. The van der Waals surface area contributed by atoms with Crippen molar-refractivity contribution in [3.8, 4) is 11.5 Å². The molecular weight excluding hydrogens is 352 g/mol. The van der Waals surface area contributed by atoms with Gasteiger partial charge >= 0.3 is 0 Å². The number of nitrogens with one attached hydrogen (secondary N) is 1. The fourth-order valence-corrected chi connectivity index (χ4v) is 2.88. The first-order chi connectivity index (χ1) is 12.5. The Labute approximate surface area is 154 Å². The van der Waals surface area contributed by atoms with Crippen molar-refractivity contribution in [1.82, 2.24) is 15.2 Å². The first-order valence-electron chi connectivity index (χ1n) is 7.86. The number of benzene rings is 1. The number of anilines is 1. The van der Waals surface area contributed by atoms with Gasteiger partial charge in [0.05, 0.1) is 16.5 Å². The van der Waals surface area contributed by atoms with Crippen LogP contribution in [-0.2, 0) is 4.79 Å². The van der Waals surface area contributed by atoms with Crippen molar-refractivity contribution >= 4 is 29.1 Å². The summed E-state index contributed by atoms with van der Waals surface area (Å²) < 4.78 is 5.57. The van der Waals surface area contributed by atoms with E-state index in [-0.39, 0.29) is 16.9 Å². The molecule has 1 amide bonds. The molecule has 3 aromatic rings. The van der Waals surface area contributed by atoms with E-state index in [4.69, 9.17) is 4.42 Å². The number of aromatic nitrogens is 3. The Balaban J connectivity index is 1.67. The number of amides is 1. The van der Waals surface area contributed by atoms with Gasteiger partial charge in [0, 0.05) is 18.0 Å². The lowest BCUT2D eigenvalue weighted by Crippen LogP contribution is -2.23. The number of nitrogens with zero attached hydrogens (tertiary/aromatic N) is 3. The van der Waals surface area contributed by atoms with Crippen LogP contribution < -0.4 is 5.32 Å². The van der Waals surface area contributed by atoms with E-state index >= 15 is 0 Å². The van der Waals surface area contributed by atoms with Crippen LogP contribution in [0.25, 0.3) is 11.5 Å². The van der Waals surface area contributed by atoms with Crippen molar-refractivity contribution in [2.24, 2.45) is 0 Å². The highest BCUT2D eigenvalue weighted by molar-refractivity contribution is 8.00. The second-order valence-corrected chi connectivity index (χ2v) is 6.76. The highest BCUT2D eigenvalue weighted by atomic mass is 32.2. The zero-order valence-electron chi connectivity index (χ0n) is 14.2. The van der Waals surface area contributed by atoms with E-state index in [0.717, 1.165) is 11.8 Å².